The standard InChI is InChI=1S/C17H21ClN4O3/c1-21(11-15(23)24)14-6-3-8-22(9-7-14)17-19-16(20-25-17)12-4-2-5-13(18)10-12/h2,4-5,10,14H,3,6-9,11H2,1H3,(H,23,24). The number of hydrogen-bond acceptors (Lipinski definition) is 6. The summed E-state index contributed by atoms with van der Waals surface area (Å²) in [7, 11) is 1.86. The van der Waals surface area contributed by atoms with Crippen LogP contribution in [0.1, 0.15) is 19.3 Å². The minimum Gasteiger partial charge on any atom is -0.480 e. The van der Waals surface area contributed by atoms with E-state index in [9.17, 15) is 4.79 Å². The van der Waals surface area contributed by atoms with E-state index in [0.717, 1.165) is 37.9 Å². The first-order chi connectivity index (χ1) is 12.0. The van der Waals surface area contributed by atoms with E-state index in [-0.39, 0.29) is 12.6 Å². The largest absolute Gasteiger partial charge is 0.480 e. The number of anilines is 1. The molecule has 3 rings (SSSR count). The lowest BCUT2D eigenvalue weighted by atomic mass is 10.1. The number of halogens is 1. The van der Waals surface area contributed by atoms with Crippen LogP contribution in [0.25, 0.3) is 11.4 Å². The lowest BCUT2D eigenvalue weighted by molar-refractivity contribution is -0.138. The van der Waals surface area contributed by atoms with E-state index >= 15 is 0 Å². The summed E-state index contributed by atoms with van der Waals surface area (Å²) >= 11 is 6.01. The summed E-state index contributed by atoms with van der Waals surface area (Å²) in [5, 5.41) is 13.6. The molecule has 1 atom stereocenters. The van der Waals surface area contributed by atoms with Crippen LogP contribution in [0.4, 0.5) is 6.01 Å². The predicted molar refractivity (Wildman–Crippen MR) is 94.9 cm³/mol. The molecule has 25 heavy (non-hydrogen) atoms. The zero-order valence-electron chi connectivity index (χ0n) is 14.1. The monoisotopic (exact) mass is 364 g/mol. The van der Waals surface area contributed by atoms with Crippen LogP contribution in [0.3, 0.4) is 0 Å². The van der Waals surface area contributed by atoms with Gasteiger partial charge in [-0.1, -0.05) is 28.9 Å². The number of nitrogens with zero attached hydrogens (tertiary/aromatic N) is 4. The number of likely N-dealkylation sites (N-methyl/N-ethyl adjacent to an activating group) is 1. The van der Waals surface area contributed by atoms with Crippen LogP contribution in [-0.2, 0) is 4.79 Å². The molecule has 0 saturated carbocycles. The first-order valence-corrected chi connectivity index (χ1v) is 8.67. The zero-order valence-corrected chi connectivity index (χ0v) is 14.8. The molecule has 0 radical (unpaired) electrons. The first-order valence-electron chi connectivity index (χ1n) is 8.29. The minimum atomic E-state index is -0.799. The van der Waals surface area contributed by atoms with Crippen LogP contribution in [0, 0.1) is 0 Å². The first kappa shape index (κ1) is 17.7. The summed E-state index contributed by atoms with van der Waals surface area (Å²) in [6.45, 7) is 1.63. The van der Waals surface area contributed by atoms with Crippen LogP contribution in [-0.4, -0.2) is 58.8 Å². The van der Waals surface area contributed by atoms with Gasteiger partial charge in [0.15, 0.2) is 0 Å². The fourth-order valence-corrected chi connectivity index (χ4v) is 3.33. The number of carbonyl (C=O) groups is 1. The van der Waals surface area contributed by atoms with E-state index < -0.39 is 5.97 Å². The summed E-state index contributed by atoms with van der Waals surface area (Å²) in [4.78, 5) is 19.3. The van der Waals surface area contributed by atoms with Crippen molar-refractivity contribution in [3.05, 3.63) is 29.3 Å². The average Bonchev–Trinajstić information content (AvgIpc) is 2.92. The lowest BCUT2D eigenvalue weighted by Gasteiger charge is -2.25. The van der Waals surface area contributed by atoms with Crippen LogP contribution in [0.5, 0.6) is 0 Å². The highest BCUT2D eigenvalue weighted by molar-refractivity contribution is 6.30. The molecule has 0 aliphatic carbocycles. The quantitative estimate of drug-likeness (QED) is 0.873. The molecule has 1 aromatic heterocycles. The van der Waals surface area contributed by atoms with Crippen LogP contribution < -0.4 is 4.90 Å². The van der Waals surface area contributed by atoms with Gasteiger partial charge in [0.05, 0.1) is 6.54 Å². The van der Waals surface area contributed by atoms with E-state index in [0.29, 0.717) is 16.9 Å². The second-order valence-corrected chi connectivity index (χ2v) is 6.73. The van der Waals surface area contributed by atoms with E-state index in [2.05, 4.69) is 15.0 Å². The highest BCUT2D eigenvalue weighted by atomic mass is 35.5. The Kier molecular flexibility index (Phi) is 5.55. The molecule has 8 heteroatoms. The number of benzene rings is 1. The molecule has 1 aromatic carbocycles. The third-order valence-corrected chi connectivity index (χ3v) is 4.71. The predicted octanol–water partition coefficient (Wildman–Crippen LogP) is 2.77. The third kappa shape index (κ3) is 4.49. The van der Waals surface area contributed by atoms with Crippen LogP contribution in [0.2, 0.25) is 5.02 Å². The Hall–Kier alpha value is -2.12. The number of hydrogen-bond donors (Lipinski definition) is 1. The maximum Gasteiger partial charge on any atom is 0.324 e. The van der Waals surface area contributed by atoms with Crippen molar-refractivity contribution >= 4 is 23.6 Å². The zero-order chi connectivity index (χ0) is 17.8. The Balaban J connectivity index is 1.66. The molecule has 1 aliphatic rings. The molecule has 134 valence electrons. The molecule has 0 bridgehead atoms. The fourth-order valence-electron chi connectivity index (χ4n) is 3.14. The fraction of sp³-hybridized carbons (Fsp3) is 0.471. The van der Waals surface area contributed by atoms with Gasteiger partial charge >= 0.3 is 12.0 Å². The van der Waals surface area contributed by atoms with Gasteiger partial charge in [-0.15, -0.1) is 0 Å². The Morgan fingerprint density at radius 2 is 2.28 bits per heavy atom. The van der Waals surface area contributed by atoms with Crippen LogP contribution in [0.15, 0.2) is 28.8 Å². The van der Waals surface area contributed by atoms with Gasteiger partial charge in [-0.25, -0.2) is 0 Å². The Labute approximate surface area is 151 Å². The van der Waals surface area contributed by atoms with Gasteiger partial charge in [0.2, 0.25) is 5.82 Å². The number of carboxylic acids is 1. The maximum absolute atomic E-state index is 10.9. The Morgan fingerprint density at radius 3 is 3.04 bits per heavy atom. The second-order valence-electron chi connectivity index (χ2n) is 6.29. The summed E-state index contributed by atoms with van der Waals surface area (Å²) in [6.07, 6.45) is 2.76. The lowest BCUT2D eigenvalue weighted by Crippen LogP contribution is -2.36. The van der Waals surface area contributed by atoms with Gasteiger partial charge in [-0.05, 0) is 38.4 Å². The summed E-state index contributed by atoms with van der Waals surface area (Å²) in [5.74, 6) is -0.284. The molecule has 0 amide bonds. The van der Waals surface area contributed by atoms with E-state index in [4.69, 9.17) is 21.2 Å². The molecule has 2 aromatic rings. The van der Waals surface area contributed by atoms with Crippen LogP contribution >= 0.6 is 11.6 Å². The summed E-state index contributed by atoms with van der Waals surface area (Å²) in [5.41, 5.74) is 0.816. The van der Waals surface area contributed by atoms with Crippen molar-refractivity contribution in [2.45, 2.75) is 25.3 Å². The number of carboxylic acid groups (broad SMARTS) is 1. The Morgan fingerprint density at radius 1 is 1.44 bits per heavy atom. The van der Waals surface area contributed by atoms with Gasteiger partial charge < -0.3 is 14.5 Å². The Bertz CT molecular complexity index is 736. The number of rotatable bonds is 5. The molecule has 1 fully saturated rings. The van der Waals surface area contributed by atoms with Gasteiger partial charge in [0, 0.05) is 29.7 Å². The molecule has 1 N–H and O–H groups in total. The van der Waals surface area contributed by atoms with Gasteiger partial charge in [-0.2, -0.15) is 4.98 Å². The topological polar surface area (TPSA) is 82.7 Å². The minimum absolute atomic E-state index is 0.0597. The highest BCUT2D eigenvalue weighted by Crippen LogP contribution is 2.25. The molecule has 1 aliphatic heterocycles. The second kappa shape index (κ2) is 7.84. The van der Waals surface area contributed by atoms with Crippen molar-refractivity contribution in [2.75, 3.05) is 31.6 Å². The van der Waals surface area contributed by atoms with Gasteiger partial charge in [0.1, 0.15) is 0 Å². The van der Waals surface area contributed by atoms with Crippen molar-refractivity contribution in [1.82, 2.24) is 15.0 Å². The summed E-state index contributed by atoms with van der Waals surface area (Å²) in [6, 6.07) is 8.08. The van der Waals surface area contributed by atoms with Gasteiger partial charge in [0.25, 0.3) is 0 Å². The normalized spacial score (nSPS) is 18.4. The number of aliphatic carboxylic acids is 1. The molecule has 1 saturated heterocycles. The molecular weight excluding hydrogens is 344 g/mol. The van der Waals surface area contributed by atoms with Crippen molar-refractivity contribution in [1.29, 1.82) is 0 Å². The summed E-state index contributed by atoms with van der Waals surface area (Å²) < 4.78 is 5.43. The highest BCUT2D eigenvalue weighted by Gasteiger charge is 2.24. The van der Waals surface area contributed by atoms with Gasteiger partial charge in [-0.3, -0.25) is 9.69 Å². The van der Waals surface area contributed by atoms with E-state index in [1.165, 1.54) is 0 Å². The molecule has 0 spiro atoms. The third-order valence-electron chi connectivity index (χ3n) is 4.47. The van der Waals surface area contributed by atoms with Crippen molar-refractivity contribution < 1.29 is 14.4 Å². The van der Waals surface area contributed by atoms with E-state index in [1.807, 2.05) is 24.1 Å². The number of aromatic nitrogens is 2. The SMILES string of the molecule is CN(CC(=O)O)C1CCCN(c2nc(-c3cccc(Cl)c3)no2)CC1. The van der Waals surface area contributed by atoms with Crippen molar-refractivity contribution in [3.63, 3.8) is 0 Å². The molecule has 1 unspecified atom stereocenters. The average molecular weight is 365 g/mol. The maximum atomic E-state index is 10.9. The molecule has 2 heterocycles. The van der Waals surface area contributed by atoms with E-state index in [1.54, 1.807) is 12.1 Å². The smallest absolute Gasteiger partial charge is 0.324 e. The molecular formula is C17H21ClN4O3. The van der Waals surface area contributed by atoms with Crippen molar-refractivity contribution in [3.8, 4) is 11.4 Å². The van der Waals surface area contributed by atoms with Crippen molar-refractivity contribution in [2.24, 2.45) is 0 Å². The molecule has 7 nitrogen and oxygen atoms in total.